The van der Waals surface area contributed by atoms with E-state index in [0.29, 0.717) is 0 Å². The van der Waals surface area contributed by atoms with Crippen molar-refractivity contribution in [1.29, 1.82) is 0 Å². The molecular formula is C20H22O5. The third kappa shape index (κ3) is 5.64. The Morgan fingerprint density at radius 2 is 1.04 bits per heavy atom. The predicted molar refractivity (Wildman–Crippen MR) is 93.1 cm³/mol. The van der Waals surface area contributed by atoms with Crippen LogP contribution in [0.2, 0.25) is 0 Å². The molecule has 25 heavy (non-hydrogen) atoms. The van der Waals surface area contributed by atoms with Crippen molar-refractivity contribution in [3.8, 4) is 0 Å². The number of rotatable bonds is 6. The standard InChI is InChI=1S/C20H22O5/c1-3-15-9-5-7-11-17(15)13-23-19(21)25-20(22)24-14-18-12-8-6-10-16(18)4-2/h5-12H,3-4,13-14H2,1-2H3. The third-order valence-electron chi connectivity index (χ3n) is 3.86. The first-order chi connectivity index (χ1) is 12.1. The number of carbonyl (C=O) groups is 2. The van der Waals surface area contributed by atoms with Crippen molar-refractivity contribution in [2.24, 2.45) is 0 Å². The van der Waals surface area contributed by atoms with Gasteiger partial charge in [0, 0.05) is 0 Å². The predicted octanol–water partition coefficient (Wildman–Crippen LogP) is 4.80. The molecule has 0 bridgehead atoms. The first kappa shape index (κ1) is 18.5. The van der Waals surface area contributed by atoms with Crippen molar-refractivity contribution in [3.05, 3.63) is 70.8 Å². The average Bonchev–Trinajstić information content (AvgIpc) is 2.65. The van der Waals surface area contributed by atoms with Crippen LogP contribution >= 0.6 is 0 Å². The van der Waals surface area contributed by atoms with Crippen LogP contribution in [0.15, 0.2) is 48.5 Å². The van der Waals surface area contributed by atoms with E-state index in [0.717, 1.165) is 35.1 Å². The van der Waals surface area contributed by atoms with Gasteiger partial charge in [0.15, 0.2) is 0 Å². The van der Waals surface area contributed by atoms with E-state index >= 15 is 0 Å². The molecule has 2 aromatic carbocycles. The summed E-state index contributed by atoms with van der Waals surface area (Å²) in [5, 5.41) is 0. The fourth-order valence-corrected chi connectivity index (χ4v) is 2.49. The van der Waals surface area contributed by atoms with Crippen LogP contribution in [0.25, 0.3) is 0 Å². The minimum absolute atomic E-state index is 0.0504. The zero-order chi connectivity index (χ0) is 18.1. The van der Waals surface area contributed by atoms with Crippen molar-refractivity contribution >= 4 is 12.3 Å². The molecule has 0 N–H and O–H groups in total. The van der Waals surface area contributed by atoms with E-state index in [1.54, 1.807) is 0 Å². The molecule has 5 heteroatoms. The third-order valence-corrected chi connectivity index (χ3v) is 3.86. The van der Waals surface area contributed by atoms with Crippen molar-refractivity contribution in [2.45, 2.75) is 39.9 Å². The zero-order valence-electron chi connectivity index (χ0n) is 14.5. The molecule has 0 heterocycles. The molecule has 0 spiro atoms. The van der Waals surface area contributed by atoms with E-state index in [4.69, 9.17) is 9.47 Å². The van der Waals surface area contributed by atoms with Crippen LogP contribution < -0.4 is 0 Å². The Kier molecular flexibility index (Phi) is 7.01. The Morgan fingerprint density at radius 3 is 1.40 bits per heavy atom. The highest BCUT2D eigenvalue weighted by Gasteiger charge is 2.14. The summed E-state index contributed by atoms with van der Waals surface area (Å²) < 4.78 is 14.5. The Hall–Kier alpha value is -2.82. The first-order valence-electron chi connectivity index (χ1n) is 8.29. The highest BCUT2D eigenvalue weighted by molar-refractivity contribution is 5.76. The maximum absolute atomic E-state index is 11.6. The lowest BCUT2D eigenvalue weighted by Gasteiger charge is -2.10. The maximum Gasteiger partial charge on any atom is 0.518 e. The molecule has 0 aliphatic carbocycles. The van der Waals surface area contributed by atoms with E-state index in [2.05, 4.69) is 4.74 Å². The van der Waals surface area contributed by atoms with Crippen molar-refractivity contribution in [2.75, 3.05) is 0 Å². The summed E-state index contributed by atoms with van der Waals surface area (Å²) in [6.45, 7) is 4.13. The lowest BCUT2D eigenvalue weighted by atomic mass is 10.1. The minimum Gasteiger partial charge on any atom is -0.429 e. The summed E-state index contributed by atoms with van der Waals surface area (Å²) in [5.74, 6) is 0. The molecule has 0 fully saturated rings. The summed E-state index contributed by atoms with van der Waals surface area (Å²) in [6.07, 6.45) is -0.486. The number of benzene rings is 2. The van der Waals surface area contributed by atoms with Gasteiger partial charge >= 0.3 is 12.3 Å². The molecule has 0 aliphatic heterocycles. The van der Waals surface area contributed by atoms with E-state index in [1.165, 1.54) is 0 Å². The van der Waals surface area contributed by atoms with Crippen LogP contribution in [0.3, 0.4) is 0 Å². The largest absolute Gasteiger partial charge is 0.518 e. The number of carbonyl (C=O) groups excluding carboxylic acids is 2. The van der Waals surface area contributed by atoms with Gasteiger partial charge in [-0.3, -0.25) is 0 Å². The van der Waals surface area contributed by atoms with Gasteiger partial charge in [-0.15, -0.1) is 0 Å². The number of ether oxygens (including phenoxy) is 3. The van der Waals surface area contributed by atoms with Gasteiger partial charge in [-0.2, -0.15) is 0 Å². The molecule has 0 saturated heterocycles. The molecule has 5 nitrogen and oxygen atoms in total. The van der Waals surface area contributed by atoms with E-state index in [9.17, 15) is 9.59 Å². The smallest absolute Gasteiger partial charge is 0.429 e. The molecule has 0 amide bonds. The average molecular weight is 342 g/mol. The van der Waals surface area contributed by atoms with Crippen LogP contribution in [-0.4, -0.2) is 12.3 Å². The summed E-state index contributed by atoms with van der Waals surface area (Å²) >= 11 is 0. The van der Waals surface area contributed by atoms with Gasteiger partial charge < -0.3 is 14.2 Å². The second kappa shape index (κ2) is 9.47. The first-order valence-corrected chi connectivity index (χ1v) is 8.29. The Bertz CT molecular complexity index is 662. The molecule has 2 aromatic rings. The SMILES string of the molecule is CCc1ccccc1COC(=O)OC(=O)OCc1ccccc1CC. The number of hydrogen-bond acceptors (Lipinski definition) is 5. The van der Waals surface area contributed by atoms with E-state index in [-0.39, 0.29) is 13.2 Å². The van der Waals surface area contributed by atoms with Crippen molar-refractivity contribution in [1.82, 2.24) is 0 Å². The lowest BCUT2D eigenvalue weighted by molar-refractivity contribution is 0.0301. The van der Waals surface area contributed by atoms with Gasteiger partial charge in [0.05, 0.1) is 0 Å². The minimum atomic E-state index is -1.07. The van der Waals surface area contributed by atoms with Gasteiger partial charge in [-0.25, -0.2) is 9.59 Å². The van der Waals surface area contributed by atoms with Gasteiger partial charge in [-0.1, -0.05) is 62.4 Å². The number of hydrogen-bond donors (Lipinski definition) is 0. The Balaban J connectivity index is 1.79. The molecule has 0 saturated carbocycles. The highest BCUT2D eigenvalue weighted by atomic mass is 16.8. The zero-order valence-corrected chi connectivity index (χ0v) is 14.5. The molecular weight excluding hydrogens is 320 g/mol. The molecule has 0 aliphatic rings. The van der Waals surface area contributed by atoms with Crippen LogP contribution in [0.4, 0.5) is 9.59 Å². The normalized spacial score (nSPS) is 10.2. The second-order valence-corrected chi connectivity index (χ2v) is 5.42. The lowest BCUT2D eigenvalue weighted by Crippen LogP contribution is -2.15. The molecule has 2 rings (SSSR count). The fraction of sp³-hybridized carbons (Fsp3) is 0.300. The topological polar surface area (TPSA) is 61.8 Å². The quantitative estimate of drug-likeness (QED) is 0.557. The van der Waals surface area contributed by atoms with E-state index < -0.39 is 12.3 Å². The van der Waals surface area contributed by atoms with Crippen LogP contribution in [-0.2, 0) is 40.3 Å². The summed E-state index contributed by atoms with van der Waals surface area (Å²) in [5.41, 5.74) is 3.92. The molecule has 0 unspecified atom stereocenters. The fourth-order valence-electron chi connectivity index (χ4n) is 2.49. The van der Waals surface area contributed by atoms with Gasteiger partial charge in [-0.05, 0) is 35.1 Å². The molecule has 0 radical (unpaired) electrons. The van der Waals surface area contributed by atoms with E-state index in [1.807, 2.05) is 62.4 Å². The van der Waals surface area contributed by atoms with Crippen LogP contribution in [0.5, 0.6) is 0 Å². The molecule has 132 valence electrons. The monoisotopic (exact) mass is 342 g/mol. The van der Waals surface area contributed by atoms with Crippen molar-refractivity contribution in [3.63, 3.8) is 0 Å². The maximum atomic E-state index is 11.6. The second-order valence-electron chi connectivity index (χ2n) is 5.42. The summed E-state index contributed by atoms with van der Waals surface area (Å²) in [6, 6.07) is 15.2. The van der Waals surface area contributed by atoms with Crippen molar-refractivity contribution < 1.29 is 23.8 Å². The van der Waals surface area contributed by atoms with Gasteiger partial charge in [0.2, 0.25) is 0 Å². The molecule has 0 atom stereocenters. The summed E-state index contributed by atoms with van der Waals surface area (Å²) in [7, 11) is 0. The number of aryl methyl sites for hydroxylation is 2. The molecule has 0 aromatic heterocycles. The Labute approximate surface area is 147 Å². The van der Waals surface area contributed by atoms with Gasteiger partial charge in [0.25, 0.3) is 0 Å². The van der Waals surface area contributed by atoms with Crippen LogP contribution in [0.1, 0.15) is 36.1 Å². The Morgan fingerprint density at radius 1 is 0.680 bits per heavy atom. The van der Waals surface area contributed by atoms with Crippen LogP contribution in [0, 0.1) is 0 Å². The summed E-state index contributed by atoms with van der Waals surface area (Å²) in [4.78, 5) is 23.2. The highest BCUT2D eigenvalue weighted by Crippen LogP contribution is 2.12. The van der Waals surface area contributed by atoms with Gasteiger partial charge in [0.1, 0.15) is 13.2 Å².